The van der Waals surface area contributed by atoms with Crippen molar-refractivity contribution in [3.8, 4) is 0 Å². The second-order valence-electron chi connectivity index (χ2n) is 7.64. The number of H-pyrrole nitrogens is 1. The Morgan fingerprint density at radius 3 is 2.81 bits per heavy atom. The molecule has 27 heavy (non-hydrogen) atoms. The summed E-state index contributed by atoms with van der Waals surface area (Å²) in [5, 5.41) is 11.2. The number of aromatic amines is 1. The molecule has 0 radical (unpaired) electrons. The molecule has 2 N–H and O–H groups in total. The smallest absolute Gasteiger partial charge is 0.256 e. The molecule has 1 unspecified atom stereocenters. The minimum atomic E-state index is -0.0516. The monoisotopic (exact) mass is 369 g/mol. The van der Waals surface area contributed by atoms with Crippen molar-refractivity contribution in [3.63, 3.8) is 0 Å². The van der Waals surface area contributed by atoms with Crippen LogP contribution >= 0.6 is 0 Å². The zero-order chi connectivity index (χ0) is 18.8. The highest BCUT2D eigenvalue weighted by atomic mass is 16.3. The quantitative estimate of drug-likeness (QED) is 0.859. The van der Waals surface area contributed by atoms with Gasteiger partial charge in [-0.2, -0.15) is 0 Å². The van der Waals surface area contributed by atoms with Crippen molar-refractivity contribution in [2.75, 3.05) is 26.2 Å². The van der Waals surface area contributed by atoms with Crippen LogP contribution < -0.4 is 5.56 Å². The topological polar surface area (TPSA) is 76.6 Å². The number of carbonyl (C=O) groups excluding carboxylic acids is 1. The fourth-order valence-electron chi connectivity index (χ4n) is 4.47. The van der Waals surface area contributed by atoms with Gasteiger partial charge in [0.15, 0.2) is 0 Å². The van der Waals surface area contributed by atoms with Gasteiger partial charge in [0.1, 0.15) is 0 Å². The minimum Gasteiger partial charge on any atom is -0.395 e. The van der Waals surface area contributed by atoms with Crippen molar-refractivity contribution in [2.24, 2.45) is 0 Å². The number of hydrogen-bond acceptors (Lipinski definition) is 4. The largest absolute Gasteiger partial charge is 0.395 e. The van der Waals surface area contributed by atoms with Gasteiger partial charge < -0.3 is 15.0 Å². The van der Waals surface area contributed by atoms with Crippen molar-refractivity contribution in [3.05, 3.63) is 45.9 Å². The summed E-state index contributed by atoms with van der Waals surface area (Å²) in [6.07, 6.45) is 4.48. The molecular formula is C21H27N3O3. The summed E-state index contributed by atoms with van der Waals surface area (Å²) in [5.41, 5.74) is 1.97. The first kappa shape index (κ1) is 18.2. The van der Waals surface area contributed by atoms with E-state index in [0.717, 1.165) is 42.5 Å². The van der Waals surface area contributed by atoms with E-state index in [-0.39, 0.29) is 24.1 Å². The lowest BCUT2D eigenvalue weighted by molar-refractivity contribution is -0.132. The van der Waals surface area contributed by atoms with Gasteiger partial charge in [0.2, 0.25) is 5.91 Å². The van der Waals surface area contributed by atoms with Gasteiger partial charge >= 0.3 is 0 Å². The molecular weight excluding hydrogens is 342 g/mol. The van der Waals surface area contributed by atoms with Crippen LogP contribution in [0.1, 0.15) is 36.9 Å². The number of likely N-dealkylation sites (tertiary alicyclic amines) is 1. The number of rotatable bonds is 4. The molecule has 0 aliphatic carbocycles. The molecule has 1 saturated heterocycles. The van der Waals surface area contributed by atoms with Gasteiger partial charge in [-0.05, 0) is 36.4 Å². The van der Waals surface area contributed by atoms with Crippen LogP contribution in [0.25, 0.3) is 10.8 Å². The number of benzene rings is 1. The molecule has 1 amide bonds. The van der Waals surface area contributed by atoms with E-state index in [2.05, 4.69) is 9.88 Å². The number of pyridine rings is 1. The standard InChI is InChI=1S/C21H27N3O3/c25-14-15-5-3-4-10-23(15)12-9-20(26)24-11-8-19-18(13-24)16-6-1-2-7-17(16)21(27)22-19/h1-2,6-7,15,25H,3-5,8-14H2,(H,22,27). The van der Waals surface area contributed by atoms with Crippen molar-refractivity contribution < 1.29 is 9.90 Å². The summed E-state index contributed by atoms with van der Waals surface area (Å²) < 4.78 is 0. The van der Waals surface area contributed by atoms with E-state index in [1.165, 1.54) is 0 Å². The van der Waals surface area contributed by atoms with E-state index >= 15 is 0 Å². The molecule has 1 fully saturated rings. The maximum atomic E-state index is 12.8. The van der Waals surface area contributed by atoms with Crippen LogP contribution in [0.15, 0.2) is 29.1 Å². The molecule has 6 heteroatoms. The number of amides is 1. The summed E-state index contributed by atoms with van der Waals surface area (Å²) in [6, 6.07) is 7.81. The van der Waals surface area contributed by atoms with Gasteiger partial charge in [-0.15, -0.1) is 0 Å². The molecule has 144 valence electrons. The molecule has 4 rings (SSSR count). The first-order chi connectivity index (χ1) is 13.2. The van der Waals surface area contributed by atoms with Crippen LogP contribution in [0.5, 0.6) is 0 Å². The van der Waals surface area contributed by atoms with E-state index in [1.807, 2.05) is 29.2 Å². The van der Waals surface area contributed by atoms with Crippen molar-refractivity contribution in [2.45, 2.75) is 44.7 Å². The van der Waals surface area contributed by atoms with Crippen LogP contribution in [0.4, 0.5) is 0 Å². The molecule has 3 heterocycles. The van der Waals surface area contributed by atoms with E-state index < -0.39 is 0 Å². The number of fused-ring (bicyclic) bond motifs is 3. The summed E-state index contributed by atoms with van der Waals surface area (Å²) in [7, 11) is 0. The second-order valence-corrected chi connectivity index (χ2v) is 7.64. The molecule has 2 aliphatic rings. The molecule has 0 bridgehead atoms. The normalized spacial score (nSPS) is 20.6. The van der Waals surface area contributed by atoms with E-state index in [9.17, 15) is 14.7 Å². The minimum absolute atomic E-state index is 0.0516. The Morgan fingerprint density at radius 1 is 1.19 bits per heavy atom. The third-order valence-electron chi connectivity index (χ3n) is 6.03. The molecule has 2 aliphatic heterocycles. The Hall–Kier alpha value is -2.18. The predicted octanol–water partition coefficient (Wildman–Crippen LogP) is 1.65. The molecule has 6 nitrogen and oxygen atoms in total. The fourth-order valence-corrected chi connectivity index (χ4v) is 4.47. The molecule has 0 saturated carbocycles. The highest BCUT2D eigenvalue weighted by Crippen LogP contribution is 2.24. The highest BCUT2D eigenvalue weighted by molar-refractivity contribution is 5.86. The summed E-state index contributed by atoms with van der Waals surface area (Å²) in [6.45, 7) is 3.04. The number of piperidine rings is 1. The fraction of sp³-hybridized carbons (Fsp3) is 0.524. The SMILES string of the molecule is O=C(CCN1CCCCC1CO)N1CCc2[nH]c(=O)c3ccccc3c2C1. The van der Waals surface area contributed by atoms with Gasteiger partial charge in [-0.25, -0.2) is 0 Å². The number of aromatic nitrogens is 1. The zero-order valence-corrected chi connectivity index (χ0v) is 15.6. The lowest BCUT2D eigenvalue weighted by Crippen LogP contribution is -2.44. The maximum Gasteiger partial charge on any atom is 0.256 e. The van der Waals surface area contributed by atoms with Crippen molar-refractivity contribution >= 4 is 16.7 Å². The number of nitrogens with one attached hydrogen (secondary N) is 1. The van der Waals surface area contributed by atoms with Gasteiger partial charge in [0.25, 0.3) is 5.56 Å². The first-order valence-electron chi connectivity index (χ1n) is 9.93. The van der Waals surface area contributed by atoms with Crippen molar-refractivity contribution in [1.82, 2.24) is 14.8 Å². The molecule has 1 aromatic heterocycles. The van der Waals surface area contributed by atoms with Gasteiger partial charge in [-0.1, -0.05) is 24.6 Å². The third-order valence-corrected chi connectivity index (χ3v) is 6.03. The Morgan fingerprint density at radius 2 is 2.00 bits per heavy atom. The molecule has 1 aromatic carbocycles. The number of hydrogen-bond donors (Lipinski definition) is 2. The molecule has 1 atom stereocenters. The number of carbonyl (C=O) groups is 1. The van der Waals surface area contributed by atoms with Gasteiger partial charge in [0, 0.05) is 49.6 Å². The van der Waals surface area contributed by atoms with Crippen LogP contribution in [0, 0.1) is 0 Å². The Labute approximate surface area is 158 Å². The lowest BCUT2D eigenvalue weighted by Gasteiger charge is -2.35. The van der Waals surface area contributed by atoms with Crippen LogP contribution in [-0.2, 0) is 17.8 Å². The second kappa shape index (κ2) is 7.82. The highest BCUT2D eigenvalue weighted by Gasteiger charge is 2.26. The van der Waals surface area contributed by atoms with Crippen LogP contribution in [0.3, 0.4) is 0 Å². The number of aliphatic hydroxyl groups excluding tert-OH is 1. The molecule has 0 spiro atoms. The lowest BCUT2D eigenvalue weighted by atomic mass is 9.98. The average molecular weight is 369 g/mol. The summed E-state index contributed by atoms with van der Waals surface area (Å²) in [4.78, 5) is 32.2. The van der Waals surface area contributed by atoms with Crippen molar-refractivity contribution in [1.29, 1.82) is 0 Å². The summed E-state index contributed by atoms with van der Waals surface area (Å²) in [5.74, 6) is 0.151. The van der Waals surface area contributed by atoms with E-state index in [1.54, 1.807) is 0 Å². The molecule has 2 aromatic rings. The third kappa shape index (κ3) is 3.64. The predicted molar refractivity (Wildman–Crippen MR) is 105 cm³/mol. The number of nitrogens with zero attached hydrogens (tertiary/aromatic N) is 2. The Bertz CT molecular complexity index is 892. The van der Waals surface area contributed by atoms with E-state index in [4.69, 9.17) is 0 Å². The van der Waals surface area contributed by atoms with Gasteiger partial charge in [-0.3, -0.25) is 14.5 Å². The summed E-state index contributed by atoms with van der Waals surface area (Å²) >= 11 is 0. The first-order valence-corrected chi connectivity index (χ1v) is 9.93. The number of aliphatic hydroxyl groups is 1. The zero-order valence-electron chi connectivity index (χ0n) is 15.6. The average Bonchev–Trinajstić information content (AvgIpc) is 2.72. The Kier molecular flexibility index (Phi) is 5.27. The maximum absolute atomic E-state index is 12.8. The van der Waals surface area contributed by atoms with Crippen LogP contribution in [0.2, 0.25) is 0 Å². The Balaban J connectivity index is 1.47. The van der Waals surface area contributed by atoms with Crippen LogP contribution in [-0.4, -0.2) is 58.1 Å². The van der Waals surface area contributed by atoms with E-state index in [0.29, 0.717) is 37.9 Å². The van der Waals surface area contributed by atoms with Gasteiger partial charge in [0.05, 0.1) is 6.61 Å².